The molecule has 174 valence electrons. The summed E-state index contributed by atoms with van der Waals surface area (Å²) >= 11 is 0. The van der Waals surface area contributed by atoms with Gasteiger partial charge in [0.25, 0.3) is 11.8 Å². The molecule has 0 radical (unpaired) electrons. The topological polar surface area (TPSA) is 97.4 Å². The average molecular weight is 458 g/mol. The highest BCUT2D eigenvalue weighted by molar-refractivity contribution is 6.08. The molecule has 2 amide bonds. The number of benzene rings is 1. The number of hydrogen-bond acceptors (Lipinski definition) is 5. The Morgan fingerprint density at radius 1 is 1.09 bits per heavy atom. The number of fused-ring (bicyclic) bond motifs is 1. The zero-order chi connectivity index (χ0) is 23.5. The summed E-state index contributed by atoms with van der Waals surface area (Å²) in [5.74, 6) is 0.0695. The van der Waals surface area contributed by atoms with Crippen molar-refractivity contribution in [1.29, 1.82) is 0 Å². The molecule has 0 spiro atoms. The van der Waals surface area contributed by atoms with E-state index in [4.69, 9.17) is 0 Å². The van der Waals surface area contributed by atoms with Gasteiger partial charge >= 0.3 is 0 Å². The molecule has 0 bridgehead atoms. The van der Waals surface area contributed by atoms with Gasteiger partial charge in [0.1, 0.15) is 0 Å². The Morgan fingerprint density at radius 3 is 2.82 bits per heavy atom. The van der Waals surface area contributed by atoms with Crippen molar-refractivity contribution in [3.8, 4) is 0 Å². The molecule has 1 N–H and O–H groups in total. The van der Waals surface area contributed by atoms with Crippen LogP contribution in [-0.2, 0) is 13.5 Å². The second kappa shape index (κ2) is 9.46. The quantitative estimate of drug-likeness (QED) is 0.496. The van der Waals surface area contributed by atoms with E-state index in [0.29, 0.717) is 36.0 Å². The maximum absolute atomic E-state index is 13.4. The van der Waals surface area contributed by atoms with Crippen LogP contribution in [0.1, 0.15) is 45.8 Å². The molecular formula is C25H27N7O2. The number of amides is 2. The van der Waals surface area contributed by atoms with Gasteiger partial charge in [-0.25, -0.2) is 4.98 Å². The van der Waals surface area contributed by atoms with Gasteiger partial charge in [0.05, 0.1) is 23.1 Å². The summed E-state index contributed by atoms with van der Waals surface area (Å²) in [6.45, 7) is 1.38. The molecule has 0 unspecified atom stereocenters. The van der Waals surface area contributed by atoms with Gasteiger partial charge in [-0.2, -0.15) is 5.10 Å². The zero-order valence-corrected chi connectivity index (χ0v) is 19.1. The van der Waals surface area contributed by atoms with Gasteiger partial charge in [-0.15, -0.1) is 0 Å². The number of anilines is 1. The average Bonchev–Trinajstić information content (AvgIpc) is 3.43. The fourth-order valence-corrected chi connectivity index (χ4v) is 4.51. The number of carbonyl (C=O) groups is 2. The molecule has 1 aliphatic rings. The first-order chi connectivity index (χ1) is 16.6. The molecule has 3 aromatic heterocycles. The molecule has 1 atom stereocenters. The van der Waals surface area contributed by atoms with Gasteiger partial charge in [-0.3, -0.25) is 19.3 Å². The molecule has 4 aromatic rings. The number of carbonyl (C=O) groups excluding carboxylic acids is 2. The van der Waals surface area contributed by atoms with Gasteiger partial charge in [-0.1, -0.05) is 12.1 Å². The van der Waals surface area contributed by atoms with E-state index < -0.39 is 0 Å². The minimum atomic E-state index is -0.334. The molecule has 1 aromatic carbocycles. The second-order valence-electron chi connectivity index (χ2n) is 8.74. The Morgan fingerprint density at radius 2 is 1.97 bits per heavy atom. The van der Waals surface area contributed by atoms with E-state index in [1.807, 2.05) is 33.8 Å². The lowest BCUT2D eigenvalue weighted by Gasteiger charge is -2.22. The maximum atomic E-state index is 13.4. The van der Waals surface area contributed by atoms with Crippen LogP contribution in [0.25, 0.3) is 5.65 Å². The van der Waals surface area contributed by atoms with Crippen LogP contribution in [0.4, 0.5) is 5.69 Å². The molecule has 0 aliphatic carbocycles. The molecule has 0 saturated carbocycles. The van der Waals surface area contributed by atoms with Crippen molar-refractivity contribution in [1.82, 2.24) is 29.0 Å². The van der Waals surface area contributed by atoms with Crippen LogP contribution in [0.15, 0.2) is 61.3 Å². The molecule has 9 heteroatoms. The molecule has 9 nitrogen and oxygen atoms in total. The molecule has 1 aliphatic heterocycles. The van der Waals surface area contributed by atoms with Crippen LogP contribution < -0.4 is 5.32 Å². The Labute approximate surface area is 197 Å². The third-order valence-corrected chi connectivity index (χ3v) is 6.32. The third kappa shape index (κ3) is 4.68. The maximum Gasteiger partial charge on any atom is 0.276 e. The first-order valence-electron chi connectivity index (χ1n) is 11.5. The Bertz CT molecular complexity index is 1330. The number of rotatable bonds is 5. The summed E-state index contributed by atoms with van der Waals surface area (Å²) in [6, 6.07) is 8.80. The molecule has 1 fully saturated rings. The summed E-state index contributed by atoms with van der Waals surface area (Å²) in [4.78, 5) is 36.7. The van der Waals surface area contributed by atoms with Crippen LogP contribution in [0.5, 0.6) is 0 Å². The van der Waals surface area contributed by atoms with Crippen molar-refractivity contribution in [2.45, 2.75) is 25.7 Å². The number of nitrogens with zero attached hydrogens (tertiary/aromatic N) is 6. The van der Waals surface area contributed by atoms with Crippen LogP contribution in [0, 0.1) is 5.92 Å². The third-order valence-electron chi connectivity index (χ3n) is 6.32. The minimum absolute atomic E-state index is 0.0597. The summed E-state index contributed by atoms with van der Waals surface area (Å²) in [6.07, 6.45) is 13.0. The predicted molar refractivity (Wildman–Crippen MR) is 128 cm³/mol. The number of hydrogen-bond donors (Lipinski definition) is 1. The first-order valence-corrected chi connectivity index (χ1v) is 11.5. The first kappa shape index (κ1) is 21.8. The molecule has 5 rings (SSSR count). The lowest BCUT2D eigenvalue weighted by Crippen LogP contribution is -2.33. The van der Waals surface area contributed by atoms with Gasteiger partial charge in [0.2, 0.25) is 0 Å². The van der Waals surface area contributed by atoms with E-state index in [0.717, 1.165) is 37.0 Å². The summed E-state index contributed by atoms with van der Waals surface area (Å²) in [7, 11) is 1.76. The summed E-state index contributed by atoms with van der Waals surface area (Å²) < 4.78 is 3.56. The summed E-state index contributed by atoms with van der Waals surface area (Å²) in [5, 5.41) is 6.99. The smallest absolute Gasteiger partial charge is 0.276 e. The normalized spacial score (nSPS) is 16.4. The Hall–Kier alpha value is -4.01. The minimum Gasteiger partial charge on any atom is -0.339 e. The van der Waals surface area contributed by atoms with Crippen molar-refractivity contribution in [3.05, 3.63) is 78.3 Å². The highest BCUT2D eigenvalue weighted by Gasteiger charge is 2.24. The van der Waals surface area contributed by atoms with Gasteiger partial charge in [0, 0.05) is 44.9 Å². The number of aryl methyl sites for hydroxylation is 1. The van der Waals surface area contributed by atoms with Crippen LogP contribution in [-0.4, -0.2) is 54.0 Å². The fourth-order valence-electron chi connectivity index (χ4n) is 4.51. The largest absolute Gasteiger partial charge is 0.339 e. The van der Waals surface area contributed by atoms with E-state index in [2.05, 4.69) is 20.4 Å². The predicted octanol–water partition coefficient (Wildman–Crippen LogP) is 3.20. The zero-order valence-electron chi connectivity index (χ0n) is 19.1. The monoisotopic (exact) mass is 457 g/mol. The van der Waals surface area contributed by atoms with Crippen molar-refractivity contribution < 1.29 is 9.59 Å². The van der Waals surface area contributed by atoms with Gasteiger partial charge in [0.15, 0.2) is 11.3 Å². The van der Waals surface area contributed by atoms with E-state index >= 15 is 0 Å². The highest BCUT2D eigenvalue weighted by Crippen LogP contribution is 2.24. The number of para-hydroxylation sites is 1. The van der Waals surface area contributed by atoms with E-state index in [1.54, 1.807) is 48.5 Å². The highest BCUT2D eigenvalue weighted by atomic mass is 16.2. The lowest BCUT2D eigenvalue weighted by molar-refractivity contribution is 0.0761. The molecule has 34 heavy (non-hydrogen) atoms. The lowest BCUT2D eigenvalue weighted by atomic mass is 9.95. The molecule has 4 heterocycles. The number of imidazole rings is 1. The Kier molecular flexibility index (Phi) is 6.07. The van der Waals surface area contributed by atoms with Crippen LogP contribution in [0.3, 0.4) is 0 Å². The number of likely N-dealkylation sites (tertiary alicyclic amines) is 1. The second-order valence-corrected chi connectivity index (χ2v) is 8.74. The SMILES string of the molecule is Cn1ccc(C(=O)Nc2ccccc2C(=O)N2CCC[C@H](Cc3cn4ccnc4cn3)CC2)n1. The number of nitrogens with one attached hydrogen (secondary N) is 1. The Balaban J connectivity index is 1.25. The van der Waals surface area contributed by atoms with E-state index in [1.165, 1.54) is 0 Å². The van der Waals surface area contributed by atoms with Crippen LogP contribution in [0.2, 0.25) is 0 Å². The molecule has 1 saturated heterocycles. The van der Waals surface area contributed by atoms with Crippen molar-refractivity contribution >= 4 is 23.1 Å². The van der Waals surface area contributed by atoms with Crippen molar-refractivity contribution in [2.24, 2.45) is 13.0 Å². The van der Waals surface area contributed by atoms with E-state index in [-0.39, 0.29) is 11.8 Å². The van der Waals surface area contributed by atoms with Gasteiger partial charge < -0.3 is 14.6 Å². The van der Waals surface area contributed by atoms with Crippen LogP contribution >= 0.6 is 0 Å². The van der Waals surface area contributed by atoms with Gasteiger partial charge in [-0.05, 0) is 49.8 Å². The number of aromatic nitrogens is 5. The molecular weight excluding hydrogens is 430 g/mol. The summed E-state index contributed by atoms with van der Waals surface area (Å²) in [5.41, 5.74) is 3.19. The van der Waals surface area contributed by atoms with E-state index in [9.17, 15) is 9.59 Å². The fraction of sp³-hybridized carbons (Fsp3) is 0.320. The van der Waals surface area contributed by atoms with Crippen molar-refractivity contribution in [2.75, 3.05) is 18.4 Å². The standard InChI is InChI=1S/C25H27N7O2/c1-30-12-9-22(29-30)24(33)28-21-7-3-2-6-20(21)25(34)31-11-4-5-18(8-13-31)15-19-17-32-14-10-26-23(32)16-27-19/h2-3,6-7,9-10,12,14,16-18H,4-5,8,11,13,15H2,1H3,(H,28,33)/t18-/m0/s1. The van der Waals surface area contributed by atoms with Crippen molar-refractivity contribution in [3.63, 3.8) is 0 Å².